The van der Waals surface area contributed by atoms with Crippen LogP contribution in [0.2, 0.25) is 0 Å². The fraction of sp³-hybridized carbons (Fsp3) is 0. The molecule has 3 nitrogen and oxygen atoms in total. The van der Waals surface area contributed by atoms with Crippen molar-refractivity contribution >= 4 is 18.2 Å². The van der Waals surface area contributed by atoms with Crippen molar-refractivity contribution in [3.8, 4) is 33.8 Å². The van der Waals surface area contributed by atoms with Crippen molar-refractivity contribution in [2.75, 3.05) is 0 Å². The molecule has 210 valence electrons. The maximum absolute atomic E-state index is 4.25. The molecule has 0 aliphatic carbocycles. The summed E-state index contributed by atoms with van der Waals surface area (Å²) >= 11 is 0. The third kappa shape index (κ3) is 10.1. The van der Waals surface area contributed by atoms with Crippen LogP contribution in [0.3, 0.4) is 0 Å². The zero-order chi connectivity index (χ0) is 29.4. The topological polar surface area (TPSA) is 38.7 Å². The van der Waals surface area contributed by atoms with Crippen molar-refractivity contribution in [3.05, 3.63) is 182 Å². The van der Waals surface area contributed by atoms with E-state index in [1.54, 1.807) is 36.8 Å². The normalized spacial score (nSPS) is 9.49. The van der Waals surface area contributed by atoms with Crippen LogP contribution in [0.5, 0.6) is 0 Å². The molecule has 0 aliphatic rings. The first-order valence-electron chi connectivity index (χ1n) is 13.4. The van der Waals surface area contributed by atoms with E-state index in [9.17, 15) is 0 Å². The number of pyridine rings is 3. The molecule has 0 saturated heterocycles. The molecule has 0 bridgehead atoms. The predicted molar refractivity (Wildman–Crippen MR) is 176 cm³/mol. The average Bonchev–Trinajstić information content (AvgIpc) is 3.10. The minimum atomic E-state index is 0. The summed E-state index contributed by atoms with van der Waals surface area (Å²) in [5.41, 5.74) is 9.09. The van der Waals surface area contributed by atoms with Gasteiger partial charge in [-0.3, -0.25) is 0 Å². The van der Waals surface area contributed by atoms with Crippen LogP contribution >= 0.6 is 0 Å². The van der Waals surface area contributed by atoms with Crippen molar-refractivity contribution in [3.63, 3.8) is 0 Å². The standard InChI is InChI=1S/3C13H10N.Ir/c3*1-2-11-6-8-12(9-7-11)13-5-3-4-10-14-13;/h3*2-8,10H,1H2;/q3*-1;+3. The molecular formula is C39H30IrN3. The number of rotatable bonds is 6. The fourth-order valence-corrected chi connectivity index (χ4v) is 3.74. The summed E-state index contributed by atoms with van der Waals surface area (Å²) in [4.78, 5) is 12.7. The van der Waals surface area contributed by atoms with Crippen molar-refractivity contribution < 1.29 is 20.1 Å². The Hall–Kier alpha value is -5.02. The second kappa shape index (κ2) is 17.7. The van der Waals surface area contributed by atoms with Gasteiger partial charge in [-0.05, 0) is 35.3 Å². The number of hydrogen-bond acceptors (Lipinski definition) is 3. The van der Waals surface area contributed by atoms with Gasteiger partial charge in [-0.25, -0.2) is 0 Å². The molecule has 3 aromatic carbocycles. The maximum Gasteiger partial charge on any atom is 3.00 e. The summed E-state index contributed by atoms with van der Waals surface area (Å²) in [7, 11) is 0. The molecule has 43 heavy (non-hydrogen) atoms. The monoisotopic (exact) mass is 733 g/mol. The van der Waals surface area contributed by atoms with Crippen LogP contribution in [0, 0.1) is 18.2 Å². The Kier molecular flexibility index (Phi) is 13.4. The number of benzene rings is 3. The van der Waals surface area contributed by atoms with E-state index in [0.29, 0.717) is 0 Å². The smallest absolute Gasteiger partial charge is 0.305 e. The van der Waals surface area contributed by atoms with Crippen LogP contribution in [-0.2, 0) is 20.1 Å². The van der Waals surface area contributed by atoms with E-state index in [1.807, 2.05) is 109 Å². The number of hydrogen-bond donors (Lipinski definition) is 0. The molecule has 0 radical (unpaired) electrons. The van der Waals surface area contributed by atoms with Crippen molar-refractivity contribution in [1.82, 2.24) is 15.0 Å². The van der Waals surface area contributed by atoms with Crippen molar-refractivity contribution in [2.24, 2.45) is 0 Å². The first kappa shape index (κ1) is 32.5. The third-order valence-electron chi connectivity index (χ3n) is 6.04. The molecule has 6 rings (SSSR count). The van der Waals surface area contributed by atoms with E-state index >= 15 is 0 Å². The molecule has 0 saturated carbocycles. The van der Waals surface area contributed by atoms with Gasteiger partial charge in [0.25, 0.3) is 0 Å². The SMILES string of the molecule is C=Cc1c[c-]c(-c2ccccn2)cc1.C=Cc1c[c-]c(-c2ccccn2)cc1.C=Cc1c[c-]c(-c2ccccn2)cc1.[Ir+3]. The van der Waals surface area contributed by atoms with E-state index in [2.05, 4.69) is 52.9 Å². The second-order valence-electron chi connectivity index (χ2n) is 8.86. The largest absolute Gasteiger partial charge is 3.00 e. The first-order valence-corrected chi connectivity index (χ1v) is 13.4. The van der Waals surface area contributed by atoms with Gasteiger partial charge in [-0.2, -0.15) is 0 Å². The molecule has 0 aliphatic heterocycles. The Balaban J connectivity index is 0.000000175. The Bertz CT molecular complexity index is 1460. The summed E-state index contributed by atoms with van der Waals surface area (Å²) in [6.45, 7) is 11.1. The van der Waals surface area contributed by atoms with Crippen LogP contribution in [0.1, 0.15) is 16.7 Å². The zero-order valence-corrected chi connectivity index (χ0v) is 26.0. The molecule has 3 aromatic heterocycles. The summed E-state index contributed by atoms with van der Waals surface area (Å²) < 4.78 is 0. The molecular weight excluding hydrogens is 703 g/mol. The molecule has 0 unspecified atom stereocenters. The van der Waals surface area contributed by atoms with E-state index in [4.69, 9.17) is 0 Å². The fourth-order valence-electron chi connectivity index (χ4n) is 3.74. The van der Waals surface area contributed by atoms with Crippen molar-refractivity contribution in [2.45, 2.75) is 0 Å². The van der Waals surface area contributed by atoms with Crippen molar-refractivity contribution in [1.29, 1.82) is 0 Å². The van der Waals surface area contributed by atoms with Gasteiger partial charge in [0.2, 0.25) is 0 Å². The minimum absolute atomic E-state index is 0. The van der Waals surface area contributed by atoms with E-state index in [-0.39, 0.29) is 20.1 Å². The summed E-state index contributed by atoms with van der Waals surface area (Å²) in [6.07, 6.45) is 10.8. The van der Waals surface area contributed by atoms with Gasteiger partial charge in [-0.15, -0.1) is 144 Å². The van der Waals surface area contributed by atoms with Crippen LogP contribution in [0.4, 0.5) is 0 Å². The van der Waals surface area contributed by atoms with Crippen LogP contribution < -0.4 is 0 Å². The van der Waals surface area contributed by atoms with Gasteiger partial charge in [0, 0.05) is 18.6 Å². The Morgan fingerprint density at radius 3 is 0.907 bits per heavy atom. The molecule has 4 heteroatoms. The Morgan fingerprint density at radius 1 is 0.419 bits per heavy atom. The summed E-state index contributed by atoms with van der Waals surface area (Å²) in [5.74, 6) is 0. The molecule has 6 aromatic rings. The van der Waals surface area contributed by atoms with Gasteiger partial charge in [0.05, 0.1) is 0 Å². The maximum atomic E-state index is 4.25. The van der Waals surface area contributed by atoms with Gasteiger partial charge >= 0.3 is 20.1 Å². The van der Waals surface area contributed by atoms with E-state index in [1.165, 1.54) is 0 Å². The molecule has 0 amide bonds. The molecule has 3 heterocycles. The van der Waals surface area contributed by atoms with Gasteiger partial charge in [0.15, 0.2) is 0 Å². The summed E-state index contributed by atoms with van der Waals surface area (Å²) in [5, 5.41) is 0. The molecule has 0 spiro atoms. The number of aromatic nitrogens is 3. The Morgan fingerprint density at radius 2 is 0.721 bits per heavy atom. The molecule has 0 fully saturated rings. The average molecular weight is 733 g/mol. The van der Waals surface area contributed by atoms with E-state index in [0.717, 1.165) is 50.5 Å². The van der Waals surface area contributed by atoms with Crippen LogP contribution in [-0.4, -0.2) is 15.0 Å². The molecule has 0 atom stereocenters. The first-order chi connectivity index (χ1) is 20.7. The third-order valence-corrected chi connectivity index (χ3v) is 6.04. The van der Waals surface area contributed by atoms with Crippen LogP contribution in [0.25, 0.3) is 52.0 Å². The van der Waals surface area contributed by atoms with Gasteiger partial charge < -0.3 is 15.0 Å². The summed E-state index contributed by atoms with van der Waals surface area (Å²) in [6, 6.07) is 44.8. The Labute approximate surface area is 268 Å². The second-order valence-corrected chi connectivity index (χ2v) is 8.86. The number of nitrogens with zero attached hydrogens (tertiary/aromatic N) is 3. The molecule has 0 N–H and O–H groups in total. The van der Waals surface area contributed by atoms with Gasteiger partial charge in [-0.1, -0.05) is 36.4 Å². The minimum Gasteiger partial charge on any atom is -0.305 e. The predicted octanol–water partition coefficient (Wildman–Crippen LogP) is 9.57. The van der Waals surface area contributed by atoms with Gasteiger partial charge in [0.1, 0.15) is 0 Å². The van der Waals surface area contributed by atoms with E-state index < -0.39 is 0 Å². The quantitative estimate of drug-likeness (QED) is 0.160. The van der Waals surface area contributed by atoms with Crippen LogP contribution in [0.15, 0.2) is 148 Å². The zero-order valence-electron chi connectivity index (χ0n) is 23.7.